The SMILES string of the molecule is C/C(=N\NC(=O)Cc1ccc(F)cc1)c1ccc(Cl)c([N+](=O)[O-])c1. The first-order valence-electron chi connectivity index (χ1n) is 6.88. The lowest BCUT2D eigenvalue weighted by molar-refractivity contribution is -0.384. The van der Waals surface area contributed by atoms with Crippen molar-refractivity contribution < 1.29 is 14.1 Å². The molecule has 2 aromatic rings. The minimum atomic E-state index is -0.591. The van der Waals surface area contributed by atoms with E-state index in [0.29, 0.717) is 16.8 Å². The van der Waals surface area contributed by atoms with Gasteiger partial charge in [0, 0.05) is 11.6 Å². The average Bonchev–Trinajstić information content (AvgIpc) is 2.55. The summed E-state index contributed by atoms with van der Waals surface area (Å²) in [5.41, 5.74) is 3.62. The minimum Gasteiger partial charge on any atom is -0.273 e. The Labute approximate surface area is 142 Å². The summed E-state index contributed by atoms with van der Waals surface area (Å²) in [6.07, 6.45) is 0.0395. The highest BCUT2D eigenvalue weighted by molar-refractivity contribution is 6.32. The lowest BCUT2D eigenvalue weighted by Crippen LogP contribution is -2.21. The summed E-state index contributed by atoms with van der Waals surface area (Å²) in [7, 11) is 0. The lowest BCUT2D eigenvalue weighted by atomic mass is 10.1. The predicted molar refractivity (Wildman–Crippen MR) is 88.6 cm³/mol. The second kappa shape index (κ2) is 7.65. The molecule has 2 aromatic carbocycles. The number of nitro benzene ring substituents is 1. The Morgan fingerprint density at radius 2 is 1.96 bits per heavy atom. The largest absolute Gasteiger partial charge is 0.288 e. The highest BCUT2D eigenvalue weighted by atomic mass is 35.5. The van der Waals surface area contributed by atoms with Gasteiger partial charge in [0.2, 0.25) is 5.91 Å². The number of nitrogens with one attached hydrogen (secondary N) is 1. The van der Waals surface area contributed by atoms with Gasteiger partial charge in [-0.25, -0.2) is 9.82 Å². The van der Waals surface area contributed by atoms with E-state index in [1.807, 2.05) is 0 Å². The molecule has 6 nitrogen and oxygen atoms in total. The van der Waals surface area contributed by atoms with Crippen molar-refractivity contribution >= 4 is 28.9 Å². The van der Waals surface area contributed by atoms with Crippen molar-refractivity contribution in [2.24, 2.45) is 5.10 Å². The average molecular weight is 350 g/mol. The van der Waals surface area contributed by atoms with Crippen molar-refractivity contribution in [1.82, 2.24) is 5.43 Å². The van der Waals surface area contributed by atoms with Crippen LogP contribution < -0.4 is 5.43 Å². The third-order valence-corrected chi connectivity index (χ3v) is 3.51. The Morgan fingerprint density at radius 1 is 1.29 bits per heavy atom. The van der Waals surface area contributed by atoms with Gasteiger partial charge in [-0.2, -0.15) is 5.10 Å². The van der Waals surface area contributed by atoms with E-state index in [9.17, 15) is 19.3 Å². The second-order valence-electron chi connectivity index (χ2n) is 4.96. The van der Waals surface area contributed by atoms with Gasteiger partial charge in [0.05, 0.1) is 17.1 Å². The monoisotopic (exact) mass is 349 g/mol. The highest BCUT2D eigenvalue weighted by Gasteiger charge is 2.14. The van der Waals surface area contributed by atoms with Crippen LogP contribution in [-0.4, -0.2) is 16.5 Å². The molecule has 0 aliphatic heterocycles. The van der Waals surface area contributed by atoms with E-state index in [2.05, 4.69) is 10.5 Å². The van der Waals surface area contributed by atoms with Crippen LogP contribution in [0.1, 0.15) is 18.1 Å². The Balaban J connectivity index is 2.05. The molecule has 0 aliphatic rings. The van der Waals surface area contributed by atoms with E-state index >= 15 is 0 Å². The van der Waals surface area contributed by atoms with Gasteiger partial charge in [0.15, 0.2) is 0 Å². The zero-order valence-corrected chi connectivity index (χ0v) is 13.4. The summed E-state index contributed by atoms with van der Waals surface area (Å²) in [4.78, 5) is 22.1. The molecule has 2 rings (SSSR count). The number of rotatable bonds is 5. The van der Waals surface area contributed by atoms with Gasteiger partial charge >= 0.3 is 0 Å². The quantitative estimate of drug-likeness (QED) is 0.509. The molecule has 0 aliphatic carbocycles. The molecule has 124 valence electrons. The van der Waals surface area contributed by atoms with Crippen LogP contribution in [0.3, 0.4) is 0 Å². The first-order chi connectivity index (χ1) is 11.4. The van der Waals surface area contributed by atoms with Crippen LogP contribution in [0.25, 0.3) is 0 Å². The van der Waals surface area contributed by atoms with E-state index in [-0.39, 0.29) is 28.9 Å². The van der Waals surface area contributed by atoms with Crippen molar-refractivity contribution in [2.45, 2.75) is 13.3 Å². The number of benzene rings is 2. The molecule has 0 saturated heterocycles. The van der Waals surface area contributed by atoms with Gasteiger partial charge in [-0.05, 0) is 30.7 Å². The fourth-order valence-corrected chi connectivity index (χ4v) is 2.10. The molecule has 0 radical (unpaired) electrons. The Hall–Kier alpha value is -2.80. The Morgan fingerprint density at radius 3 is 2.58 bits per heavy atom. The minimum absolute atomic E-state index is 0.0249. The lowest BCUT2D eigenvalue weighted by Gasteiger charge is -2.04. The number of hydrogen-bond donors (Lipinski definition) is 1. The molecule has 8 heteroatoms. The first-order valence-corrected chi connectivity index (χ1v) is 7.26. The van der Waals surface area contributed by atoms with Crippen molar-refractivity contribution in [3.05, 3.63) is 74.5 Å². The first kappa shape index (κ1) is 17.6. The number of hydrazone groups is 1. The summed E-state index contributed by atoms with van der Waals surface area (Å²) in [5.74, 6) is -0.762. The number of amides is 1. The summed E-state index contributed by atoms with van der Waals surface area (Å²) >= 11 is 5.75. The zero-order chi connectivity index (χ0) is 17.7. The van der Waals surface area contributed by atoms with Crippen LogP contribution >= 0.6 is 11.6 Å². The molecule has 1 N–H and O–H groups in total. The highest BCUT2D eigenvalue weighted by Crippen LogP contribution is 2.25. The van der Waals surface area contributed by atoms with E-state index in [1.165, 1.54) is 36.4 Å². The van der Waals surface area contributed by atoms with Crippen molar-refractivity contribution in [2.75, 3.05) is 0 Å². The fourth-order valence-electron chi connectivity index (χ4n) is 1.92. The van der Waals surface area contributed by atoms with Crippen LogP contribution in [0.2, 0.25) is 5.02 Å². The molecule has 0 bridgehead atoms. The van der Waals surface area contributed by atoms with Gasteiger partial charge in [-0.3, -0.25) is 14.9 Å². The topological polar surface area (TPSA) is 84.6 Å². The number of halogens is 2. The predicted octanol–water partition coefficient (Wildman–Crippen LogP) is 3.47. The van der Waals surface area contributed by atoms with E-state index in [1.54, 1.807) is 13.0 Å². The molecule has 0 atom stereocenters. The van der Waals surface area contributed by atoms with Crippen LogP contribution in [0.5, 0.6) is 0 Å². The van der Waals surface area contributed by atoms with Crippen molar-refractivity contribution in [1.29, 1.82) is 0 Å². The summed E-state index contributed by atoms with van der Waals surface area (Å²) < 4.78 is 12.8. The van der Waals surface area contributed by atoms with Gasteiger partial charge in [0.25, 0.3) is 5.69 Å². The van der Waals surface area contributed by atoms with Gasteiger partial charge < -0.3 is 0 Å². The molecule has 0 unspecified atom stereocenters. The number of hydrogen-bond acceptors (Lipinski definition) is 4. The van der Waals surface area contributed by atoms with Crippen LogP contribution in [-0.2, 0) is 11.2 Å². The number of carbonyl (C=O) groups is 1. The molecule has 0 aromatic heterocycles. The van der Waals surface area contributed by atoms with Crippen LogP contribution in [0.15, 0.2) is 47.6 Å². The van der Waals surface area contributed by atoms with Crippen LogP contribution in [0.4, 0.5) is 10.1 Å². The van der Waals surface area contributed by atoms with Gasteiger partial charge in [-0.15, -0.1) is 0 Å². The van der Waals surface area contributed by atoms with Crippen molar-refractivity contribution in [3.8, 4) is 0 Å². The molecule has 24 heavy (non-hydrogen) atoms. The fraction of sp³-hybridized carbons (Fsp3) is 0.125. The second-order valence-corrected chi connectivity index (χ2v) is 5.37. The molecule has 1 amide bonds. The molecule has 0 fully saturated rings. The number of nitrogens with zero attached hydrogens (tertiary/aromatic N) is 2. The molecule has 0 heterocycles. The number of carbonyl (C=O) groups excluding carboxylic acids is 1. The van der Waals surface area contributed by atoms with Crippen LogP contribution in [0, 0.1) is 15.9 Å². The normalized spacial score (nSPS) is 11.2. The van der Waals surface area contributed by atoms with E-state index in [4.69, 9.17) is 11.6 Å². The molecule has 0 spiro atoms. The van der Waals surface area contributed by atoms with E-state index in [0.717, 1.165) is 0 Å². The third kappa shape index (κ3) is 4.60. The molecular formula is C16H13ClFN3O3. The van der Waals surface area contributed by atoms with Gasteiger partial charge in [-0.1, -0.05) is 29.8 Å². The van der Waals surface area contributed by atoms with Crippen molar-refractivity contribution in [3.63, 3.8) is 0 Å². The third-order valence-electron chi connectivity index (χ3n) is 3.19. The smallest absolute Gasteiger partial charge is 0.273 e. The summed E-state index contributed by atoms with van der Waals surface area (Å²) in [6, 6.07) is 9.80. The summed E-state index contributed by atoms with van der Waals surface area (Å²) in [5, 5.41) is 14.8. The maximum Gasteiger partial charge on any atom is 0.288 e. The maximum absolute atomic E-state index is 12.8. The van der Waals surface area contributed by atoms with Gasteiger partial charge in [0.1, 0.15) is 10.8 Å². The zero-order valence-electron chi connectivity index (χ0n) is 12.6. The molecular weight excluding hydrogens is 337 g/mol. The number of nitro groups is 1. The Bertz CT molecular complexity index is 807. The molecule has 0 saturated carbocycles. The Kier molecular flexibility index (Phi) is 5.59. The standard InChI is InChI=1S/C16H13ClFN3O3/c1-10(12-4-7-14(17)15(9-12)21(23)24)19-20-16(22)8-11-2-5-13(18)6-3-11/h2-7,9H,8H2,1H3,(H,20,22)/b19-10+. The maximum atomic E-state index is 12.8. The van der Waals surface area contributed by atoms with E-state index < -0.39 is 4.92 Å². The summed E-state index contributed by atoms with van der Waals surface area (Å²) in [6.45, 7) is 1.60.